The number of nitrogens with zero attached hydrogens (tertiary/aromatic N) is 2. The van der Waals surface area contributed by atoms with Gasteiger partial charge < -0.3 is 15.0 Å². The lowest BCUT2D eigenvalue weighted by Gasteiger charge is -2.33. The number of nitrogens with one attached hydrogen (secondary N) is 1. The molecule has 16 heavy (non-hydrogen) atoms. The summed E-state index contributed by atoms with van der Waals surface area (Å²) in [4.78, 5) is 7.00. The molecule has 0 bridgehead atoms. The van der Waals surface area contributed by atoms with Gasteiger partial charge in [-0.15, -0.1) is 24.0 Å². The van der Waals surface area contributed by atoms with E-state index < -0.39 is 0 Å². The van der Waals surface area contributed by atoms with Gasteiger partial charge in [0.2, 0.25) is 0 Å². The van der Waals surface area contributed by atoms with E-state index in [-0.39, 0.29) is 24.0 Å². The zero-order valence-electron chi connectivity index (χ0n) is 10.1. The van der Waals surface area contributed by atoms with E-state index in [1.54, 1.807) is 7.11 Å². The maximum atomic E-state index is 5.11. The van der Waals surface area contributed by atoms with Crippen molar-refractivity contribution in [3.63, 3.8) is 0 Å². The fourth-order valence-electron chi connectivity index (χ4n) is 2.39. The Morgan fingerprint density at radius 1 is 1.56 bits per heavy atom. The maximum absolute atomic E-state index is 5.11. The first-order valence-electron chi connectivity index (χ1n) is 5.88. The predicted octanol–water partition coefficient (Wildman–Crippen LogP) is 1.45. The van der Waals surface area contributed by atoms with Crippen molar-refractivity contribution in [2.75, 3.05) is 26.8 Å². The molecule has 0 amide bonds. The third kappa shape index (κ3) is 3.23. The van der Waals surface area contributed by atoms with Crippen LogP contribution in [0.25, 0.3) is 0 Å². The molecule has 4 nitrogen and oxygen atoms in total. The molecule has 0 aromatic heterocycles. The average Bonchev–Trinajstić information content (AvgIpc) is 2.62. The molecule has 0 spiro atoms. The molecule has 2 rings (SSSR count). The monoisotopic (exact) mass is 339 g/mol. The minimum absolute atomic E-state index is 0. The second-order valence-electron chi connectivity index (χ2n) is 4.51. The highest BCUT2D eigenvalue weighted by Gasteiger charge is 2.30. The third-order valence-electron chi connectivity index (χ3n) is 3.14. The van der Waals surface area contributed by atoms with Gasteiger partial charge in [0.25, 0.3) is 0 Å². The van der Waals surface area contributed by atoms with Gasteiger partial charge in [-0.05, 0) is 26.2 Å². The van der Waals surface area contributed by atoms with Gasteiger partial charge in [-0.3, -0.25) is 4.99 Å². The van der Waals surface area contributed by atoms with Crippen molar-refractivity contribution < 1.29 is 4.74 Å². The number of methoxy groups -OCH3 is 1. The number of halogens is 1. The Kier molecular flexibility index (Phi) is 5.82. The Morgan fingerprint density at radius 2 is 2.38 bits per heavy atom. The molecule has 1 fully saturated rings. The first-order valence-corrected chi connectivity index (χ1v) is 5.88. The fraction of sp³-hybridized carbons (Fsp3) is 0.909. The summed E-state index contributed by atoms with van der Waals surface area (Å²) in [6, 6.07) is 1.01. The van der Waals surface area contributed by atoms with E-state index in [4.69, 9.17) is 4.74 Å². The molecule has 1 N–H and O–H groups in total. The van der Waals surface area contributed by atoms with E-state index in [0.717, 1.165) is 25.7 Å². The number of piperidine rings is 1. The fourth-order valence-corrected chi connectivity index (χ4v) is 2.39. The molecule has 0 unspecified atom stereocenters. The average molecular weight is 339 g/mol. The van der Waals surface area contributed by atoms with E-state index >= 15 is 0 Å². The number of rotatable bonds is 3. The summed E-state index contributed by atoms with van der Waals surface area (Å²) >= 11 is 0. The number of hydrogen-bond acceptors (Lipinski definition) is 4. The van der Waals surface area contributed by atoms with Crippen LogP contribution in [0.5, 0.6) is 0 Å². The molecule has 0 radical (unpaired) electrons. The maximum Gasteiger partial charge on any atom is 0.194 e. The van der Waals surface area contributed by atoms with Crippen molar-refractivity contribution in [1.29, 1.82) is 0 Å². The van der Waals surface area contributed by atoms with Crippen molar-refractivity contribution >= 4 is 29.9 Å². The van der Waals surface area contributed by atoms with Crippen molar-refractivity contribution in [3.05, 3.63) is 0 Å². The number of fused-ring (bicyclic) bond motifs is 1. The van der Waals surface area contributed by atoms with Gasteiger partial charge in [0.1, 0.15) is 0 Å². The highest BCUT2D eigenvalue weighted by molar-refractivity contribution is 14.0. The zero-order valence-corrected chi connectivity index (χ0v) is 12.4. The molecule has 2 atom stereocenters. The normalized spacial score (nSPS) is 25.5. The molecule has 0 aliphatic carbocycles. The quantitative estimate of drug-likeness (QED) is 0.791. The smallest absolute Gasteiger partial charge is 0.194 e. The molecule has 0 aromatic rings. The molecule has 0 aromatic carbocycles. The standard InChI is InChI=1S/C11H21N3O.HI/c1-9(8-15-2)13-11-12-7-10-5-3-4-6-14(10)11;/h9-10H,3-8H2,1-2H3,(H,12,13);1H/t9-,10+;/m0./s1. The molecular formula is C11H22IN3O. The Balaban J connectivity index is 0.00000128. The molecule has 5 heteroatoms. The van der Waals surface area contributed by atoms with Crippen LogP contribution in [0.4, 0.5) is 0 Å². The van der Waals surface area contributed by atoms with Crippen LogP contribution in [0.2, 0.25) is 0 Å². The summed E-state index contributed by atoms with van der Waals surface area (Å²) in [5.41, 5.74) is 0. The van der Waals surface area contributed by atoms with Crippen molar-refractivity contribution in [2.24, 2.45) is 4.99 Å². The van der Waals surface area contributed by atoms with Gasteiger partial charge in [0, 0.05) is 19.7 Å². The Morgan fingerprint density at radius 3 is 3.12 bits per heavy atom. The molecule has 94 valence electrons. The van der Waals surface area contributed by atoms with Gasteiger partial charge >= 0.3 is 0 Å². The summed E-state index contributed by atoms with van der Waals surface area (Å²) in [6.07, 6.45) is 3.96. The van der Waals surface area contributed by atoms with Crippen LogP contribution >= 0.6 is 24.0 Å². The minimum atomic E-state index is 0. The molecule has 2 heterocycles. The summed E-state index contributed by atoms with van der Waals surface area (Å²) in [7, 11) is 1.73. The summed E-state index contributed by atoms with van der Waals surface area (Å²) in [5.74, 6) is 1.09. The molecule has 2 aliphatic heterocycles. The van der Waals surface area contributed by atoms with Crippen LogP contribution < -0.4 is 5.32 Å². The molecule has 2 aliphatic rings. The highest BCUT2D eigenvalue weighted by Crippen LogP contribution is 2.21. The first-order chi connectivity index (χ1) is 7.31. The zero-order chi connectivity index (χ0) is 10.7. The molecule has 0 saturated carbocycles. The van der Waals surface area contributed by atoms with E-state index in [0.29, 0.717) is 12.1 Å². The van der Waals surface area contributed by atoms with Crippen LogP contribution in [0.1, 0.15) is 26.2 Å². The van der Waals surface area contributed by atoms with Crippen LogP contribution in [-0.4, -0.2) is 49.7 Å². The summed E-state index contributed by atoms with van der Waals surface area (Å²) in [6.45, 7) is 5.00. The van der Waals surface area contributed by atoms with E-state index in [1.165, 1.54) is 19.3 Å². The van der Waals surface area contributed by atoms with Crippen molar-refractivity contribution in [2.45, 2.75) is 38.3 Å². The second-order valence-corrected chi connectivity index (χ2v) is 4.51. The minimum Gasteiger partial charge on any atom is -0.383 e. The Labute approximate surface area is 115 Å². The van der Waals surface area contributed by atoms with Gasteiger partial charge in [0.15, 0.2) is 5.96 Å². The van der Waals surface area contributed by atoms with E-state index in [2.05, 4.69) is 22.1 Å². The van der Waals surface area contributed by atoms with Gasteiger partial charge in [-0.1, -0.05) is 0 Å². The summed E-state index contributed by atoms with van der Waals surface area (Å²) < 4.78 is 5.11. The Bertz CT molecular complexity index is 247. The largest absolute Gasteiger partial charge is 0.383 e. The lowest BCUT2D eigenvalue weighted by Crippen LogP contribution is -2.49. The number of ether oxygens (including phenoxy) is 1. The van der Waals surface area contributed by atoms with Gasteiger partial charge in [0.05, 0.1) is 19.2 Å². The predicted molar refractivity (Wildman–Crippen MR) is 76.5 cm³/mol. The Hall–Kier alpha value is -0.0400. The SMILES string of the molecule is COC[C@H](C)NC1=NC[C@H]2CCCCN12.I. The third-order valence-corrected chi connectivity index (χ3v) is 3.14. The number of hydrogen-bond donors (Lipinski definition) is 1. The van der Waals surface area contributed by atoms with Crippen LogP contribution in [0, 0.1) is 0 Å². The molecular weight excluding hydrogens is 317 g/mol. The second kappa shape index (κ2) is 6.64. The lowest BCUT2D eigenvalue weighted by atomic mass is 10.0. The number of aliphatic imine (C=N–C) groups is 1. The highest BCUT2D eigenvalue weighted by atomic mass is 127. The van der Waals surface area contributed by atoms with Gasteiger partial charge in [-0.25, -0.2) is 0 Å². The topological polar surface area (TPSA) is 36.9 Å². The van der Waals surface area contributed by atoms with Gasteiger partial charge in [-0.2, -0.15) is 0 Å². The van der Waals surface area contributed by atoms with Crippen LogP contribution in [-0.2, 0) is 4.74 Å². The molecule has 1 saturated heterocycles. The number of guanidine groups is 1. The van der Waals surface area contributed by atoms with E-state index in [1.807, 2.05) is 0 Å². The lowest BCUT2D eigenvalue weighted by molar-refractivity contribution is 0.176. The van der Waals surface area contributed by atoms with Crippen molar-refractivity contribution in [3.8, 4) is 0 Å². The summed E-state index contributed by atoms with van der Waals surface area (Å²) in [5, 5.41) is 3.43. The van der Waals surface area contributed by atoms with Crippen LogP contribution in [0.15, 0.2) is 4.99 Å². The first kappa shape index (κ1) is 14.0. The van der Waals surface area contributed by atoms with Crippen molar-refractivity contribution in [1.82, 2.24) is 10.2 Å². The van der Waals surface area contributed by atoms with E-state index in [9.17, 15) is 0 Å². The van der Waals surface area contributed by atoms with Crippen LogP contribution in [0.3, 0.4) is 0 Å².